The zero-order valence-electron chi connectivity index (χ0n) is 12.2. The Balaban J connectivity index is 1.92. The molecular formula is C14H17BrN4OS. The number of pyridine rings is 1. The van der Waals surface area contributed by atoms with Gasteiger partial charge in [0.2, 0.25) is 0 Å². The number of hydrogen-bond donors (Lipinski definition) is 0. The third kappa shape index (κ3) is 3.23. The molecule has 1 fully saturated rings. The summed E-state index contributed by atoms with van der Waals surface area (Å²) in [7, 11) is -1.30. The second-order valence-electron chi connectivity index (χ2n) is 6.23. The SMILES string of the molecule is CC(C)(C)[S@@](=O)N=Cc1nc2c(Br)cc(C3CC3)cn2n1. The van der Waals surface area contributed by atoms with Crippen molar-refractivity contribution >= 4 is 38.8 Å². The van der Waals surface area contributed by atoms with Gasteiger partial charge in [0.25, 0.3) is 0 Å². The molecule has 2 aromatic rings. The van der Waals surface area contributed by atoms with Crippen LogP contribution in [-0.2, 0) is 11.0 Å². The highest BCUT2D eigenvalue weighted by molar-refractivity contribution is 9.10. The van der Waals surface area contributed by atoms with E-state index in [1.54, 1.807) is 4.52 Å². The third-order valence-corrected chi connectivity index (χ3v) is 5.19. The standard InChI is InChI=1S/C14H17BrN4OS/c1-14(2,3)21(20)16-7-12-17-13-11(15)6-10(9-4-5-9)8-19(13)18-12/h6-9H,4-5H2,1-3H3/t21-/m1/s1. The summed E-state index contributed by atoms with van der Waals surface area (Å²) in [6, 6.07) is 2.11. The maximum Gasteiger partial charge on any atom is 0.194 e. The molecule has 2 heterocycles. The van der Waals surface area contributed by atoms with Crippen molar-refractivity contribution in [3.63, 3.8) is 0 Å². The lowest BCUT2D eigenvalue weighted by Gasteiger charge is -2.12. The van der Waals surface area contributed by atoms with Crippen LogP contribution in [0.15, 0.2) is 21.1 Å². The molecule has 0 amide bonds. The van der Waals surface area contributed by atoms with Crippen LogP contribution in [0.4, 0.5) is 0 Å². The smallest absolute Gasteiger partial charge is 0.194 e. The first-order valence-electron chi connectivity index (χ1n) is 6.86. The monoisotopic (exact) mass is 368 g/mol. The second-order valence-corrected chi connectivity index (χ2v) is 9.02. The normalized spacial score (nSPS) is 17.7. The summed E-state index contributed by atoms with van der Waals surface area (Å²) in [5.41, 5.74) is 2.03. The van der Waals surface area contributed by atoms with E-state index in [0.29, 0.717) is 11.7 Å². The molecule has 1 atom stereocenters. The van der Waals surface area contributed by atoms with E-state index in [1.807, 2.05) is 27.0 Å². The van der Waals surface area contributed by atoms with E-state index in [2.05, 4.69) is 36.5 Å². The molecule has 0 saturated heterocycles. The van der Waals surface area contributed by atoms with Gasteiger partial charge in [0.15, 0.2) is 11.5 Å². The minimum Gasteiger partial charge on any atom is -0.234 e. The van der Waals surface area contributed by atoms with Crippen LogP contribution in [0.3, 0.4) is 0 Å². The summed E-state index contributed by atoms with van der Waals surface area (Å²) in [4.78, 5) is 4.41. The molecule has 21 heavy (non-hydrogen) atoms. The molecule has 1 aliphatic carbocycles. The number of rotatable bonds is 3. The average Bonchev–Trinajstić information content (AvgIpc) is 3.15. The minimum absolute atomic E-state index is 0.380. The fraction of sp³-hybridized carbons (Fsp3) is 0.500. The van der Waals surface area contributed by atoms with Gasteiger partial charge in [-0.25, -0.2) is 13.7 Å². The molecule has 3 rings (SSSR count). The Bertz CT molecular complexity index is 743. The van der Waals surface area contributed by atoms with Crippen molar-refractivity contribution in [1.82, 2.24) is 14.6 Å². The Hall–Kier alpha value is -1.08. The Morgan fingerprint density at radius 1 is 1.48 bits per heavy atom. The first-order valence-corrected chi connectivity index (χ1v) is 8.76. The quantitative estimate of drug-likeness (QED) is 0.781. The van der Waals surface area contributed by atoms with Crippen molar-refractivity contribution in [2.75, 3.05) is 0 Å². The second kappa shape index (κ2) is 5.28. The Kier molecular flexibility index (Phi) is 3.73. The van der Waals surface area contributed by atoms with E-state index in [9.17, 15) is 4.21 Å². The van der Waals surface area contributed by atoms with E-state index >= 15 is 0 Å². The van der Waals surface area contributed by atoms with Crippen LogP contribution in [0.2, 0.25) is 0 Å². The fourth-order valence-corrected chi connectivity index (χ4v) is 2.97. The molecule has 2 aromatic heterocycles. The van der Waals surface area contributed by atoms with E-state index < -0.39 is 11.0 Å². The van der Waals surface area contributed by atoms with Crippen LogP contribution in [0, 0.1) is 0 Å². The highest BCUT2D eigenvalue weighted by Crippen LogP contribution is 2.41. The summed E-state index contributed by atoms with van der Waals surface area (Å²) in [5.74, 6) is 1.13. The number of hydrogen-bond acceptors (Lipinski definition) is 3. The van der Waals surface area contributed by atoms with Gasteiger partial charge in [-0.2, -0.15) is 4.40 Å². The van der Waals surface area contributed by atoms with Gasteiger partial charge in [0.1, 0.15) is 11.0 Å². The Morgan fingerprint density at radius 3 is 2.81 bits per heavy atom. The summed E-state index contributed by atoms with van der Waals surface area (Å²) >= 11 is 3.54. The number of halogens is 1. The van der Waals surface area contributed by atoms with Crippen LogP contribution in [-0.4, -0.2) is 29.8 Å². The van der Waals surface area contributed by atoms with Crippen LogP contribution >= 0.6 is 15.9 Å². The van der Waals surface area contributed by atoms with Crippen molar-refractivity contribution in [1.29, 1.82) is 0 Å². The van der Waals surface area contributed by atoms with Gasteiger partial charge < -0.3 is 0 Å². The van der Waals surface area contributed by atoms with Gasteiger partial charge in [-0.3, -0.25) is 0 Å². The van der Waals surface area contributed by atoms with Gasteiger partial charge in [0.05, 0.1) is 15.4 Å². The summed E-state index contributed by atoms with van der Waals surface area (Å²) < 4.78 is 18.3. The number of nitrogens with zero attached hydrogens (tertiary/aromatic N) is 4. The van der Waals surface area contributed by atoms with Gasteiger partial charge in [-0.15, -0.1) is 5.10 Å². The van der Waals surface area contributed by atoms with Crippen molar-refractivity contribution < 1.29 is 4.21 Å². The third-order valence-electron chi connectivity index (χ3n) is 3.26. The lowest BCUT2D eigenvalue weighted by atomic mass is 10.2. The molecule has 0 bridgehead atoms. The molecule has 0 aliphatic heterocycles. The molecule has 0 unspecified atom stereocenters. The highest BCUT2D eigenvalue weighted by atomic mass is 79.9. The molecular weight excluding hydrogens is 352 g/mol. The van der Waals surface area contributed by atoms with Crippen molar-refractivity contribution in [3.05, 3.63) is 28.1 Å². The van der Waals surface area contributed by atoms with Gasteiger partial charge in [0, 0.05) is 6.20 Å². The lowest BCUT2D eigenvalue weighted by Crippen LogP contribution is -2.19. The first kappa shape index (κ1) is 14.8. The largest absolute Gasteiger partial charge is 0.234 e. The van der Waals surface area contributed by atoms with Crippen LogP contribution in [0.5, 0.6) is 0 Å². The Labute approximate surface area is 134 Å². The molecule has 1 saturated carbocycles. The minimum atomic E-state index is -1.30. The molecule has 0 aromatic carbocycles. The molecule has 5 nitrogen and oxygen atoms in total. The molecule has 1 aliphatic rings. The molecule has 7 heteroatoms. The van der Waals surface area contributed by atoms with Crippen molar-refractivity contribution in [2.24, 2.45) is 4.40 Å². The van der Waals surface area contributed by atoms with Crippen LogP contribution in [0.25, 0.3) is 5.65 Å². The predicted octanol–water partition coefficient (Wildman–Crippen LogP) is 3.25. The predicted molar refractivity (Wildman–Crippen MR) is 88.2 cm³/mol. The van der Waals surface area contributed by atoms with Gasteiger partial charge in [-0.05, 0) is 67.1 Å². The van der Waals surface area contributed by atoms with E-state index in [0.717, 1.165) is 10.1 Å². The summed E-state index contributed by atoms with van der Waals surface area (Å²) in [6.07, 6.45) is 5.98. The average molecular weight is 369 g/mol. The van der Waals surface area contributed by atoms with E-state index in [1.165, 1.54) is 24.6 Å². The van der Waals surface area contributed by atoms with Gasteiger partial charge in [-0.1, -0.05) is 0 Å². The molecule has 0 radical (unpaired) electrons. The maximum absolute atomic E-state index is 11.9. The summed E-state index contributed by atoms with van der Waals surface area (Å²) in [5, 5.41) is 4.39. The van der Waals surface area contributed by atoms with Crippen LogP contribution < -0.4 is 0 Å². The van der Waals surface area contributed by atoms with E-state index in [-0.39, 0.29) is 4.75 Å². The first-order chi connectivity index (χ1) is 9.84. The zero-order valence-corrected chi connectivity index (χ0v) is 14.6. The summed E-state index contributed by atoms with van der Waals surface area (Å²) in [6.45, 7) is 5.65. The maximum atomic E-state index is 11.9. The molecule has 112 valence electrons. The highest BCUT2D eigenvalue weighted by Gasteiger charge is 2.25. The Morgan fingerprint density at radius 2 is 2.19 bits per heavy atom. The fourth-order valence-electron chi connectivity index (χ4n) is 1.93. The molecule has 0 spiro atoms. The molecule has 0 N–H and O–H groups in total. The van der Waals surface area contributed by atoms with Crippen molar-refractivity contribution in [2.45, 2.75) is 44.3 Å². The zero-order chi connectivity index (χ0) is 15.2. The van der Waals surface area contributed by atoms with Crippen LogP contribution in [0.1, 0.15) is 50.9 Å². The lowest BCUT2D eigenvalue weighted by molar-refractivity contribution is 0.651. The topological polar surface area (TPSA) is 59.6 Å². The number of aromatic nitrogens is 3. The van der Waals surface area contributed by atoms with Gasteiger partial charge >= 0.3 is 0 Å². The van der Waals surface area contributed by atoms with Crippen molar-refractivity contribution in [3.8, 4) is 0 Å². The van der Waals surface area contributed by atoms with E-state index in [4.69, 9.17) is 0 Å². The number of fused-ring (bicyclic) bond motifs is 1.